The second kappa shape index (κ2) is 8.56. The molecule has 0 aliphatic carbocycles. The average molecular weight is 263 g/mol. The molecule has 0 radical (unpaired) electrons. The third-order valence-corrected chi connectivity index (χ3v) is 1.56. The molecule has 0 N–H and O–H groups in total. The molecule has 17 heavy (non-hydrogen) atoms. The quantitative estimate of drug-likeness (QED) is 0.310. The molecule has 0 saturated carbocycles. The summed E-state index contributed by atoms with van der Waals surface area (Å²) in [6, 6.07) is 10.3. The van der Waals surface area contributed by atoms with Crippen LogP contribution >= 0.6 is 0 Å². The molecule has 0 aromatic heterocycles. The first-order chi connectivity index (χ1) is 6.97. The average Bonchev–Trinajstić information content (AvgIpc) is 2.14. The third-order valence-electron chi connectivity index (χ3n) is 1.56. The van der Waals surface area contributed by atoms with Gasteiger partial charge in [0.15, 0.2) is 0 Å². The number of hydrogen-bond donors (Lipinski definition) is 0. The number of esters is 1. The van der Waals surface area contributed by atoms with Crippen LogP contribution in [0.3, 0.4) is 0 Å². The number of benzene rings is 1. The molecule has 0 aliphatic rings. The molecule has 0 heterocycles. The monoisotopic (exact) mass is 262 g/mol. The van der Waals surface area contributed by atoms with Crippen molar-refractivity contribution in [2.75, 3.05) is 0 Å². The van der Waals surface area contributed by atoms with E-state index < -0.39 is 5.60 Å². The van der Waals surface area contributed by atoms with Crippen molar-refractivity contribution < 1.29 is 21.9 Å². The first-order valence-electron chi connectivity index (χ1n) is 4.84. The summed E-state index contributed by atoms with van der Waals surface area (Å²) in [4.78, 5) is 11.3. The molecular weight excluding hydrogens is 248 g/mol. The number of halogens is 1. The van der Waals surface area contributed by atoms with Crippen LogP contribution in [0, 0.1) is 6.07 Å². The Balaban J connectivity index is 0. The first-order valence-corrected chi connectivity index (χ1v) is 4.84. The minimum Gasteiger partial charge on any atom is -1.00 e. The van der Waals surface area contributed by atoms with Gasteiger partial charge < -0.3 is 17.1 Å². The molecule has 0 fully saturated rings. The van der Waals surface area contributed by atoms with Gasteiger partial charge in [0.2, 0.25) is 0 Å². The fourth-order valence-corrected chi connectivity index (χ4v) is 1.01. The second-order valence-corrected chi connectivity index (χ2v) is 4.20. The fourth-order valence-electron chi connectivity index (χ4n) is 1.01. The molecule has 4 heteroatoms. The Hall–Kier alpha value is -0.514. The van der Waals surface area contributed by atoms with Gasteiger partial charge in [0.05, 0.1) is 0 Å². The van der Waals surface area contributed by atoms with Crippen LogP contribution in [0.5, 0.6) is 0 Å². The molecule has 0 saturated heterocycles. The van der Waals surface area contributed by atoms with E-state index in [0.29, 0.717) is 0 Å². The van der Waals surface area contributed by atoms with Crippen molar-refractivity contribution in [1.29, 1.82) is 0 Å². The van der Waals surface area contributed by atoms with Crippen LogP contribution in [-0.4, -0.2) is 34.6 Å². The van der Waals surface area contributed by atoms with Crippen molar-refractivity contribution in [1.82, 2.24) is 0 Å². The Morgan fingerprint density at radius 3 is 2.29 bits per heavy atom. The van der Waals surface area contributed by atoms with Crippen LogP contribution < -0.4 is 12.4 Å². The zero-order chi connectivity index (χ0) is 11.3. The predicted octanol–water partition coefficient (Wildman–Crippen LogP) is -0.535. The van der Waals surface area contributed by atoms with E-state index in [1.165, 1.54) is 6.08 Å². The fraction of sp³-hybridized carbons (Fsp3) is 0.308. The zero-order valence-electron chi connectivity index (χ0n) is 10.4. The summed E-state index contributed by atoms with van der Waals surface area (Å²) in [5.74, 6) is -0.324. The normalized spacial score (nSPS) is 10.3. The van der Waals surface area contributed by atoms with Crippen LogP contribution in [0.1, 0.15) is 26.3 Å². The third kappa shape index (κ3) is 9.21. The summed E-state index contributed by atoms with van der Waals surface area (Å²) in [5.41, 5.74) is 0.519. The predicted molar refractivity (Wildman–Crippen MR) is 65.9 cm³/mol. The van der Waals surface area contributed by atoms with E-state index in [2.05, 4.69) is 6.07 Å². The molecule has 1 aromatic carbocycles. The summed E-state index contributed by atoms with van der Waals surface area (Å²) >= 11 is 0. The van der Waals surface area contributed by atoms with Crippen molar-refractivity contribution in [2.24, 2.45) is 0 Å². The minimum absolute atomic E-state index is 0. The van der Waals surface area contributed by atoms with Gasteiger partial charge in [-0.15, -0.1) is 5.56 Å². The van der Waals surface area contributed by atoms with E-state index in [9.17, 15) is 4.79 Å². The molecule has 0 aliphatic heterocycles. The second-order valence-electron chi connectivity index (χ2n) is 4.20. The van der Waals surface area contributed by atoms with E-state index in [-0.39, 0.29) is 41.4 Å². The van der Waals surface area contributed by atoms with Crippen LogP contribution in [0.25, 0.3) is 6.08 Å². The molecule has 1 rings (SSSR count). The standard InChI is InChI=1S/C13H15O2.ClH.Mg/c1-13(2,3)15-12(14)10-9-11-7-5-4-6-8-11;;/h5-10H,1-3H3;1H;/q-1;;+2/p-1/b10-9+;;. The van der Waals surface area contributed by atoms with Crippen molar-refractivity contribution in [3.8, 4) is 0 Å². The van der Waals surface area contributed by atoms with Crippen LogP contribution in [0.2, 0.25) is 0 Å². The Bertz CT molecular complexity index is 355. The smallest absolute Gasteiger partial charge is 1.00 e. The Morgan fingerprint density at radius 2 is 1.82 bits per heavy atom. The van der Waals surface area contributed by atoms with Gasteiger partial charge in [-0.2, -0.15) is 30.3 Å². The minimum atomic E-state index is -0.439. The van der Waals surface area contributed by atoms with E-state index in [1.54, 1.807) is 18.2 Å². The molecule has 0 bridgehead atoms. The largest absolute Gasteiger partial charge is 2.00 e. The Labute approximate surface area is 125 Å². The van der Waals surface area contributed by atoms with Gasteiger partial charge in [-0.25, -0.2) is 4.79 Å². The molecule has 2 nitrogen and oxygen atoms in total. The van der Waals surface area contributed by atoms with Gasteiger partial charge >= 0.3 is 29.0 Å². The molecule has 0 atom stereocenters. The number of rotatable bonds is 2. The maximum Gasteiger partial charge on any atom is 2.00 e. The SMILES string of the molecule is CC(C)(C)OC(=O)/C=C/c1cc[c-]cc1.[Cl-].[Mg+2]. The number of carbonyl (C=O) groups excluding carboxylic acids is 1. The molecule has 1 aromatic rings. The zero-order valence-corrected chi connectivity index (χ0v) is 12.5. The summed E-state index contributed by atoms with van der Waals surface area (Å²) < 4.78 is 5.13. The maximum absolute atomic E-state index is 11.3. The van der Waals surface area contributed by atoms with Crippen LogP contribution in [0.15, 0.2) is 30.3 Å². The van der Waals surface area contributed by atoms with E-state index >= 15 is 0 Å². The molecule has 0 spiro atoms. The number of ether oxygens (including phenoxy) is 1. The maximum atomic E-state index is 11.3. The first kappa shape index (κ1) is 18.8. The van der Waals surface area contributed by atoms with Crippen molar-refractivity contribution >= 4 is 35.1 Å². The summed E-state index contributed by atoms with van der Waals surface area (Å²) in [6.45, 7) is 5.53. The van der Waals surface area contributed by atoms with E-state index in [0.717, 1.165) is 5.56 Å². The van der Waals surface area contributed by atoms with Gasteiger partial charge in [0, 0.05) is 6.08 Å². The number of carbonyl (C=O) groups is 1. The number of hydrogen-bond acceptors (Lipinski definition) is 2. The van der Waals surface area contributed by atoms with Gasteiger partial charge in [-0.1, -0.05) is 6.08 Å². The van der Waals surface area contributed by atoms with Crippen molar-refractivity contribution in [3.63, 3.8) is 0 Å². The molecule has 0 unspecified atom stereocenters. The summed E-state index contributed by atoms with van der Waals surface area (Å²) in [7, 11) is 0. The van der Waals surface area contributed by atoms with E-state index in [1.807, 2.05) is 32.9 Å². The molecule has 88 valence electrons. The van der Waals surface area contributed by atoms with Crippen LogP contribution in [-0.2, 0) is 9.53 Å². The summed E-state index contributed by atoms with van der Waals surface area (Å²) in [6.07, 6.45) is 3.16. The van der Waals surface area contributed by atoms with Gasteiger partial charge in [-0.3, -0.25) is 0 Å². The summed E-state index contributed by atoms with van der Waals surface area (Å²) in [5, 5.41) is 0. The van der Waals surface area contributed by atoms with E-state index in [4.69, 9.17) is 4.74 Å². The Morgan fingerprint density at radius 1 is 1.29 bits per heavy atom. The van der Waals surface area contributed by atoms with Crippen molar-refractivity contribution in [3.05, 3.63) is 42.0 Å². The Kier molecular flexibility index (Phi) is 9.49. The van der Waals surface area contributed by atoms with Crippen molar-refractivity contribution in [2.45, 2.75) is 26.4 Å². The van der Waals surface area contributed by atoms with Gasteiger partial charge in [-0.05, 0) is 20.8 Å². The van der Waals surface area contributed by atoms with Gasteiger partial charge in [0.1, 0.15) is 5.60 Å². The van der Waals surface area contributed by atoms with Gasteiger partial charge in [0.25, 0.3) is 0 Å². The van der Waals surface area contributed by atoms with Crippen LogP contribution in [0.4, 0.5) is 0 Å². The topological polar surface area (TPSA) is 26.3 Å². The molecule has 0 amide bonds. The molecular formula is C13H15ClMgO2.